The summed E-state index contributed by atoms with van der Waals surface area (Å²) in [7, 11) is 3.66. The van der Waals surface area contributed by atoms with Crippen LogP contribution in [0.15, 0.2) is 59.6 Å². The first-order valence-corrected chi connectivity index (χ1v) is 10.8. The number of hydrogen-bond donors (Lipinski definition) is 1. The van der Waals surface area contributed by atoms with E-state index in [1.165, 1.54) is 0 Å². The van der Waals surface area contributed by atoms with Gasteiger partial charge in [0.2, 0.25) is 0 Å². The van der Waals surface area contributed by atoms with Crippen LogP contribution in [0.25, 0.3) is 32.6 Å². The van der Waals surface area contributed by atoms with Crippen LogP contribution >= 0.6 is 34.5 Å². The van der Waals surface area contributed by atoms with Gasteiger partial charge in [0.25, 0.3) is 0 Å². The van der Waals surface area contributed by atoms with E-state index in [1.807, 2.05) is 44.4 Å². The second-order valence-corrected chi connectivity index (χ2v) is 8.91. The minimum atomic E-state index is -1.04. The molecule has 2 aromatic carbocycles. The van der Waals surface area contributed by atoms with Gasteiger partial charge in [0.1, 0.15) is 15.4 Å². The van der Waals surface area contributed by atoms with Crippen molar-refractivity contribution in [1.29, 1.82) is 0 Å². The lowest BCUT2D eigenvalue weighted by atomic mass is 9.99. The van der Waals surface area contributed by atoms with E-state index in [2.05, 4.69) is 4.99 Å². The number of carbonyl (C=O) groups is 1. The van der Waals surface area contributed by atoms with E-state index in [1.54, 1.807) is 35.5 Å². The van der Waals surface area contributed by atoms with Gasteiger partial charge in [0.05, 0.1) is 12.0 Å². The highest BCUT2D eigenvalue weighted by Gasteiger charge is 2.23. The molecule has 0 aliphatic rings. The van der Waals surface area contributed by atoms with Crippen LogP contribution < -0.4 is 0 Å². The Balaban J connectivity index is 2.06. The van der Waals surface area contributed by atoms with Crippen LogP contribution in [0.2, 0.25) is 10.0 Å². The number of pyridine rings is 1. The maximum absolute atomic E-state index is 12.0. The molecule has 0 amide bonds. The average Bonchev–Trinajstić information content (AvgIpc) is 3.11. The number of aromatic nitrogens is 1. The lowest BCUT2D eigenvalue weighted by molar-refractivity contribution is 0.0703. The van der Waals surface area contributed by atoms with Gasteiger partial charge in [0, 0.05) is 35.1 Å². The van der Waals surface area contributed by atoms with E-state index in [4.69, 9.17) is 28.2 Å². The molecule has 0 aliphatic carbocycles. The van der Waals surface area contributed by atoms with Crippen LogP contribution in [-0.4, -0.2) is 41.4 Å². The molecular weight excluding hydrogens is 453 g/mol. The summed E-state index contributed by atoms with van der Waals surface area (Å²) in [6.07, 6.45) is 1.59. The molecule has 0 radical (unpaired) electrons. The molecular formula is C23H17Cl2N3O2S. The summed E-state index contributed by atoms with van der Waals surface area (Å²) in [6, 6.07) is 16.7. The van der Waals surface area contributed by atoms with Crippen LogP contribution in [-0.2, 0) is 0 Å². The summed E-state index contributed by atoms with van der Waals surface area (Å²) in [5, 5.41) is 11.8. The third-order valence-corrected chi connectivity index (χ3v) is 6.11. The number of hydrogen-bond acceptors (Lipinski definition) is 4. The summed E-state index contributed by atoms with van der Waals surface area (Å²) in [6.45, 7) is 0. The highest BCUT2D eigenvalue weighted by molar-refractivity contribution is 7.21. The Morgan fingerprint density at radius 3 is 2.16 bits per heavy atom. The maximum Gasteiger partial charge on any atom is 0.348 e. The summed E-state index contributed by atoms with van der Waals surface area (Å²) >= 11 is 13.2. The van der Waals surface area contributed by atoms with Crippen LogP contribution in [0.3, 0.4) is 0 Å². The van der Waals surface area contributed by atoms with E-state index in [0.29, 0.717) is 25.9 Å². The maximum atomic E-state index is 12.0. The fourth-order valence-electron chi connectivity index (χ4n) is 3.15. The van der Waals surface area contributed by atoms with Gasteiger partial charge in [0.15, 0.2) is 0 Å². The number of halogens is 2. The molecule has 0 atom stereocenters. The van der Waals surface area contributed by atoms with E-state index in [-0.39, 0.29) is 4.88 Å². The largest absolute Gasteiger partial charge is 0.477 e. The molecule has 31 heavy (non-hydrogen) atoms. The second-order valence-electron chi connectivity index (χ2n) is 7.04. The molecule has 0 fully saturated rings. The lowest BCUT2D eigenvalue weighted by Crippen LogP contribution is -2.07. The summed E-state index contributed by atoms with van der Waals surface area (Å²) in [5.74, 6) is -1.04. The number of nitrogens with zero attached hydrogens (tertiary/aromatic N) is 3. The highest BCUT2D eigenvalue weighted by Crippen LogP contribution is 2.44. The molecule has 8 heteroatoms. The predicted octanol–water partition coefficient (Wildman–Crippen LogP) is 6.86. The molecule has 5 nitrogen and oxygen atoms in total. The van der Waals surface area contributed by atoms with Crippen molar-refractivity contribution in [3.8, 4) is 22.4 Å². The Bertz CT molecular complexity index is 1300. The zero-order chi connectivity index (χ0) is 22.1. The van der Waals surface area contributed by atoms with Gasteiger partial charge in [-0.25, -0.2) is 14.8 Å². The number of carboxylic acids is 1. The van der Waals surface area contributed by atoms with Gasteiger partial charge in [-0.1, -0.05) is 47.5 Å². The standard InChI is InChI=1S/C23H17Cl2N3O2S/c1-28(2)12-26-20-19-17(13-3-7-15(24)8-4-13)11-18(14-5-9-16(25)10-6-14)27-22(19)31-21(20)23(29)30/h3-12H,1-2H3,(H,29,30). The zero-order valence-corrected chi connectivity index (χ0v) is 19.0. The molecule has 0 bridgehead atoms. The average molecular weight is 470 g/mol. The Morgan fingerprint density at radius 2 is 1.61 bits per heavy atom. The van der Waals surface area contributed by atoms with Crippen molar-refractivity contribution >= 4 is 62.8 Å². The Morgan fingerprint density at radius 1 is 1.03 bits per heavy atom. The lowest BCUT2D eigenvalue weighted by Gasteiger charge is -2.10. The normalized spacial score (nSPS) is 11.4. The smallest absolute Gasteiger partial charge is 0.348 e. The third kappa shape index (κ3) is 4.42. The number of carboxylic acid groups (broad SMARTS) is 1. The Kier molecular flexibility index (Phi) is 5.96. The monoisotopic (exact) mass is 469 g/mol. The molecule has 2 heterocycles. The third-order valence-electron chi connectivity index (χ3n) is 4.54. The first kappa shape index (κ1) is 21.3. The molecule has 0 spiro atoms. The number of thiophene rings is 1. The fraction of sp³-hybridized carbons (Fsp3) is 0.0870. The van der Waals surface area contributed by atoms with Gasteiger partial charge in [-0.15, -0.1) is 11.3 Å². The quantitative estimate of drug-likeness (QED) is 0.256. The van der Waals surface area contributed by atoms with Crippen LogP contribution in [0.1, 0.15) is 9.67 Å². The van der Waals surface area contributed by atoms with Crippen molar-refractivity contribution in [2.24, 2.45) is 4.99 Å². The summed E-state index contributed by atoms with van der Waals surface area (Å²) in [4.78, 5) is 23.7. The SMILES string of the molecule is CN(C)C=Nc1c(C(=O)O)sc2nc(-c3ccc(Cl)cc3)cc(-c3ccc(Cl)cc3)c12. The first-order chi connectivity index (χ1) is 14.8. The fourth-order valence-corrected chi connectivity index (χ4v) is 4.39. The summed E-state index contributed by atoms with van der Waals surface area (Å²) < 4.78 is 0. The van der Waals surface area contributed by atoms with E-state index >= 15 is 0 Å². The van der Waals surface area contributed by atoms with Crippen molar-refractivity contribution < 1.29 is 9.90 Å². The Hall–Kier alpha value is -2.93. The molecule has 0 saturated carbocycles. The van der Waals surface area contributed by atoms with Crippen LogP contribution in [0.4, 0.5) is 5.69 Å². The van der Waals surface area contributed by atoms with E-state index in [9.17, 15) is 9.90 Å². The number of benzene rings is 2. The number of fused-ring (bicyclic) bond motifs is 1. The molecule has 0 unspecified atom stereocenters. The minimum Gasteiger partial charge on any atom is -0.477 e. The number of aromatic carboxylic acids is 1. The molecule has 4 aromatic rings. The van der Waals surface area contributed by atoms with E-state index in [0.717, 1.165) is 33.7 Å². The van der Waals surface area contributed by atoms with Gasteiger partial charge >= 0.3 is 5.97 Å². The zero-order valence-electron chi connectivity index (χ0n) is 16.6. The van der Waals surface area contributed by atoms with Crippen molar-refractivity contribution in [3.63, 3.8) is 0 Å². The number of aliphatic imine (C=N–C) groups is 1. The van der Waals surface area contributed by atoms with Gasteiger partial charge in [-0.05, 0) is 41.5 Å². The van der Waals surface area contributed by atoms with Crippen LogP contribution in [0, 0.1) is 0 Å². The van der Waals surface area contributed by atoms with Gasteiger partial charge in [-0.3, -0.25) is 0 Å². The van der Waals surface area contributed by atoms with Crippen LogP contribution in [0.5, 0.6) is 0 Å². The summed E-state index contributed by atoms with van der Waals surface area (Å²) in [5.41, 5.74) is 3.71. The van der Waals surface area contributed by atoms with Crippen molar-refractivity contribution in [1.82, 2.24) is 9.88 Å². The van der Waals surface area contributed by atoms with Crippen molar-refractivity contribution in [2.45, 2.75) is 0 Å². The molecule has 1 N–H and O–H groups in total. The van der Waals surface area contributed by atoms with Crippen molar-refractivity contribution in [3.05, 3.63) is 69.5 Å². The Labute approximate surface area is 193 Å². The van der Waals surface area contributed by atoms with Gasteiger partial charge < -0.3 is 10.0 Å². The van der Waals surface area contributed by atoms with Gasteiger partial charge in [-0.2, -0.15) is 0 Å². The molecule has 156 valence electrons. The number of rotatable bonds is 5. The van der Waals surface area contributed by atoms with Crippen molar-refractivity contribution in [2.75, 3.05) is 14.1 Å². The minimum absolute atomic E-state index is 0.143. The predicted molar refractivity (Wildman–Crippen MR) is 129 cm³/mol. The molecule has 4 rings (SSSR count). The van der Waals surface area contributed by atoms with E-state index < -0.39 is 5.97 Å². The molecule has 0 aliphatic heterocycles. The molecule has 0 saturated heterocycles. The molecule has 2 aromatic heterocycles. The second kappa shape index (κ2) is 8.67. The first-order valence-electron chi connectivity index (χ1n) is 9.27. The highest BCUT2D eigenvalue weighted by atomic mass is 35.5. The topological polar surface area (TPSA) is 65.8 Å².